The first-order chi connectivity index (χ1) is 11.1. The number of amides is 1. The van der Waals surface area contributed by atoms with E-state index in [0.717, 1.165) is 23.1 Å². The number of hydrogen-bond acceptors (Lipinski definition) is 5. The maximum atomic E-state index is 12.4. The van der Waals surface area contributed by atoms with Gasteiger partial charge < -0.3 is 4.74 Å². The highest BCUT2D eigenvalue weighted by atomic mass is 32.1. The number of aromatic nitrogens is 1. The largest absolute Gasteiger partial charge is 0.464 e. The molecule has 1 atom stereocenters. The highest BCUT2D eigenvalue weighted by Gasteiger charge is 2.30. The van der Waals surface area contributed by atoms with Gasteiger partial charge in [-0.3, -0.25) is 9.69 Å². The van der Waals surface area contributed by atoms with Gasteiger partial charge in [-0.2, -0.15) is 0 Å². The first-order valence-corrected chi connectivity index (χ1v) is 8.76. The minimum atomic E-state index is -0.628. The smallest absolute Gasteiger partial charge is 0.329 e. The van der Waals surface area contributed by atoms with Gasteiger partial charge in [-0.1, -0.05) is 26.3 Å². The predicted molar refractivity (Wildman–Crippen MR) is 92.7 cm³/mol. The zero-order valence-electron chi connectivity index (χ0n) is 13.7. The summed E-state index contributed by atoms with van der Waals surface area (Å²) in [5, 5.41) is 0. The Labute approximate surface area is 140 Å². The van der Waals surface area contributed by atoms with Crippen molar-refractivity contribution in [1.82, 2.24) is 4.98 Å². The first-order valence-electron chi connectivity index (χ1n) is 7.88. The van der Waals surface area contributed by atoms with E-state index in [4.69, 9.17) is 4.74 Å². The zero-order chi connectivity index (χ0) is 16.8. The van der Waals surface area contributed by atoms with Crippen LogP contribution in [0.1, 0.15) is 40.0 Å². The van der Waals surface area contributed by atoms with Crippen molar-refractivity contribution < 1.29 is 14.3 Å². The number of hydrogen-bond donors (Lipinski definition) is 0. The van der Waals surface area contributed by atoms with Gasteiger partial charge >= 0.3 is 5.97 Å². The topological polar surface area (TPSA) is 59.5 Å². The van der Waals surface area contributed by atoms with Crippen LogP contribution in [0.15, 0.2) is 23.7 Å². The number of ether oxygens (including phenoxy) is 1. The minimum absolute atomic E-state index is 0.190. The van der Waals surface area contributed by atoms with Crippen molar-refractivity contribution in [2.45, 2.75) is 46.1 Å². The quantitative estimate of drug-likeness (QED) is 0.571. The highest BCUT2D eigenvalue weighted by molar-refractivity contribution is 7.16. The maximum absolute atomic E-state index is 12.4. The Morgan fingerprint density at radius 2 is 2.13 bits per heavy atom. The molecule has 23 heavy (non-hydrogen) atoms. The number of esters is 1. The number of carbonyl (C=O) groups is 2. The van der Waals surface area contributed by atoms with Gasteiger partial charge in [-0.25, -0.2) is 9.78 Å². The average Bonchev–Trinajstić information content (AvgIpc) is 3.01. The van der Waals surface area contributed by atoms with Gasteiger partial charge in [0.15, 0.2) is 0 Å². The van der Waals surface area contributed by atoms with Gasteiger partial charge in [0.1, 0.15) is 11.6 Å². The lowest BCUT2D eigenvalue weighted by Crippen LogP contribution is -2.45. The van der Waals surface area contributed by atoms with Crippen molar-refractivity contribution in [3.05, 3.63) is 23.7 Å². The molecular formula is C17H22N2O3S. The lowest BCUT2D eigenvalue weighted by Gasteiger charge is -2.29. The predicted octanol–water partition coefficient (Wildman–Crippen LogP) is 3.77. The third kappa shape index (κ3) is 3.88. The summed E-state index contributed by atoms with van der Waals surface area (Å²) in [4.78, 5) is 30.5. The second-order valence-corrected chi connectivity index (χ2v) is 6.20. The van der Waals surface area contributed by atoms with Crippen molar-refractivity contribution in [3.8, 4) is 0 Å². The van der Waals surface area contributed by atoms with E-state index in [1.807, 2.05) is 32.0 Å². The van der Waals surface area contributed by atoms with Crippen LogP contribution in [-0.2, 0) is 14.3 Å². The molecule has 6 heteroatoms. The summed E-state index contributed by atoms with van der Waals surface area (Å²) < 4.78 is 6.32. The Morgan fingerprint density at radius 1 is 1.35 bits per heavy atom. The summed E-state index contributed by atoms with van der Waals surface area (Å²) in [6, 6.07) is 5.03. The molecule has 1 amide bonds. The normalized spacial score (nSPS) is 12.1. The van der Waals surface area contributed by atoms with E-state index in [9.17, 15) is 9.59 Å². The maximum Gasteiger partial charge on any atom is 0.329 e. The third-order valence-electron chi connectivity index (χ3n) is 3.65. The second kappa shape index (κ2) is 8.06. The van der Waals surface area contributed by atoms with E-state index in [1.165, 1.54) is 23.2 Å². The molecule has 0 saturated heterocycles. The highest BCUT2D eigenvalue weighted by Crippen LogP contribution is 2.30. The second-order valence-electron chi connectivity index (χ2n) is 5.31. The monoisotopic (exact) mass is 334 g/mol. The first kappa shape index (κ1) is 17.4. The molecule has 1 heterocycles. The van der Waals surface area contributed by atoms with Crippen molar-refractivity contribution in [2.75, 3.05) is 11.5 Å². The number of thiazole rings is 1. The summed E-state index contributed by atoms with van der Waals surface area (Å²) in [6.07, 6.45) is 2.27. The molecule has 0 saturated carbocycles. The molecule has 0 spiro atoms. The van der Waals surface area contributed by atoms with Gasteiger partial charge in [-0.05, 0) is 25.0 Å². The lowest BCUT2D eigenvalue weighted by molar-refractivity contribution is -0.146. The van der Waals surface area contributed by atoms with Crippen LogP contribution in [-0.4, -0.2) is 29.5 Å². The summed E-state index contributed by atoms with van der Waals surface area (Å²) in [7, 11) is 0. The Hall–Kier alpha value is -1.95. The molecule has 0 aliphatic heterocycles. The molecule has 1 aromatic heterocycles. The number of fused-ring (bicyclic) bond motifs is 1. The van der Waals surface area contributed by atoms with Crippen LogP contribution in [0.25, 0.3) is 10.2 Å². The standard InChI is InChI=1S/C17H22N2O3S/c1-4-6-10-22-17(21)13(5-2)19(12(3)20)14-8-7-9-15-16(14)18-11-23-15/h7-9,11,13H,4-6,10H2,1-3H3. The zero-order valence-corrected chi connectivity index (χ0v) is 14.6. The average molecular weight is 334 g/mol. The minimum Gasteiger partial charge on any atom is -0.464 e. The Bertz CT molecular complexity index is 683. The molecule has 0 N–H and O–H groups in total. The molecule has 0 radical (unpaired) electrons. The summed E-state index contributed by atoms with van der Waals surface area (Å²) in [5.41, 5.74) is 3.15. The number of para-hydroxylation sites is 1. The van der Waals surface area contributed by atoms with Gasteiger partial charge in [0.05, 0.1) is 22.5 Å². The molecular weight excluding hydrogens is 312 g/mol. The summed E-state index contributed by atoms with van der Waals surface area (Å²) in [6.45, 7) is 5.77. The van der Waals surface area contributed by atoms with E-state index in [0.29, 0.717) is 18.7 Å². The fraction of sp³-hybridized carbons (Fsp3) is 0.471. The number of nitrogens with zero attached hydrogens (tertiary/aromatic N) is 2. The molecule has 0 bridgehead atoms. The molecule has 1 unspecified atom stereocenters. The van der Waals surface area contributed by atoms with Crippen LogP contribution < -0.4 is 4.90 Å². The van der Waals surface area contributed by atoms with Gasteiger partial charge in [0.25, 0.3) is 0 Å². The molecule has 124 valence electrons. The van der Waals surface area contributed by atoms with E-state index in [2.05, 4.69) is 4.98 Å². The summed E-state index contributed by atoms with van der Waals surface area (Å²) >= 11 is 1.51. The van der Waals surface area contributed by atoms with Gasteiger partial charge in [0.2, 0.25) is 5.91 Å². The van der Waals surface area contributed by atoms with E-state index in [1.54, 1.807) is 5.51 Å². The van der Waals surface area contributed by atoms with E-state index < -0.39 is 6.04 Å². The lowest BCUT2D eigenvalue weighted by atomic mass is 10.1. The molecule has 0 fully saturated rings. The Morgan fingerprint density at radius 3 is 2.78 bits per heavy atom. The van der Waals surface area contributed by atoms with Crippen LogP contribution in [0.3, 0.4) is 0 Å². The van der Waals surface area contributed by atoms with Crippen LogP contribution in [0.5, 0.6) is 0 Å². The van der Waals surface area contributed by atoms with Gasteiger partial charge in [-0.15, -0.1) is 11.3 Å². The Kier molecular flexibility index (Phi) is 6.10. The summed E-state index contributed by atoms with van der Waals surface area (Å²) in [5.74, 6) is -0.548. The number of anilines is 1. The third-order valence-corrected chi connectivity index (χ3v) is 4.44. The van der Waals surface area contributed by atoms with Crippen LogP contribution >= 0.6 is 11.3 Å². The van der Waals surface area contributed by atoms with Crippen LogP contribution in [0, 0.1) is 0 Å². The van der Waals surface area contributed by atoms with Gasteiger partial charge in [0, 0.05) is 6.92 Å². The van der Waals surface area contributed by atoms with Crippen LogP contribution in [0.2, 0.25) is 0 Å². The van der Waals surface area contributed by atoms with E-state index in [-0.39, 0.29) is 11.9 Å². The molecule has 2 rings (SSSR count). The number of rotatable bonds is 7. The fourth-order valence-corrected chi connectivity index (χ4v) is 3.19. The molecule has 5 nitrogen and oxygen atoms in total. The number of benzene rings is 1. The SMILES string of the molecule is CCCCOC(=O)C(CC)N(C(C)=O)c1cccc2scnc12. The number of unbranched alkanes of at least 4 members (excludes halogenated alkanes) is 1. The molecule has 0 aliphatic carbocycles. The molecule has 1 aromatic carbocycles. The fourth-order valence-electron chi connectivity index (χ4n) is 2.49. The van der Waals surface area contributed by atoms with Crippen molar-refractivity contribution in [1.29, 1.82) is 0 Å². The molecule has 0 aliphatic rings. The van der Waals surface area contributed by atoms with Crippen molar-refractivity contribution >= 4 is 39.1 Å². The molecule has 2 aromatic rings. The van der Waals surface area contributed by atoms with Crippen molar-refractivity contribution in [2.24, 2.45) is 0 Å². The Balaban J connectivity index is 2.34. The van der Waals surface area contributed by atoms with E-state index >= 15 is 0 Å². The van der Waals surface area contributed by atoms with Crippen LogP contribution in [0.4, 0.5) is 5.69 Å². The number of carbonyl (C=O) groups excluding carboxylic acids is 2. The van der Waals surface area contributed by atoms with Crippen molar-refractivity contribution in [3.63, 3.8) is 0 Å².